The smallest absolute Gasteiger partial charge is 0.352 e. The summed E-state index contributed by atoms with van der Waals surface area (Å²) < 4.78 is 11.1. The molecule has 0 spiro atoms. The number of β-lactam (4-membered cyclic amide) rings is 1. The number of nitriles is 1. The van der Waals surface area contributed by atoms with E-state index in [9.17, 15) is 19.5 Å². The van der Waals surface area contributed by atoms with Crippen molar-refractivity contribution in [2.45, 2.75) is 18.0 Å². The molecule has 1 saturated heterocycles. The Morgan fingerprint density at radius 3 is 2.88 bits per heavy atom. The van der Waals surface area contributed by atoms with Crippen LogP contribution in [0.4, 0.5) is 0 Å². The number of furan rings is 1. The molecule has 0 unspecified atom stereocenters. The number of carbonyl (C=O) groups is 3. The third-order valence-corrected chi connectivity index (χ3v) is 6.65. The summed E-state index contributed by atoms with van der Waals surface area (Å²) in [6, 6.07) is 8.70. The lowest BCUT2D eigenvalue weighted by Crippen LogP contribution is -2.70. The van der Waals surface area contributed by atoms with Gasteiger partial charge in [-0.25, -0.2) is 4.79 Å². The fourth-order valence-electron chi connectivity index (χ4n) is 3.43. The standard InChI is InChI=1S/C22H16ClN3O6S/c1-2-12-10-33-21-17(20(28)26(21)18(12)22(29)30)25-19(27)16-6-4-13(32-16)9-31-15-5-3-11(8-24)7-14(15)23/h2-7,17,21H,1,9-10H2,(H,25,27)(H,29,30)/t17-,21-/m1/s1. The minimum Gasteiger partial charge on any atom is -0.484 e. The fourth-order valence-corrected chi connectivity index (χ4v) is 5.00. The molecule has 4 rings (SSSR count). The van der Waals surface area contributed by atoms with E-state index in [-0.39, 0.29) is 23.1 Å². The summed E-state index contributed by atoms with van der Waals surface area (Å²) in [5, 5.41) is 20.7. The molecule has 1 aromatic carbocycles. The minimum atomic E-state index is -1.22. The van der Waals surface area contributed by atoms with E-state index in [1.807, 2.05) is 6.07 Å². The number of aliphatic carboxylic acids is 1. The second-order valence-electron chi connectivity index (χ2n) is 7.06. The molecule has 2 aliphatic heterocycles. The van der Waals surface area contributed by atoms with E-state index in [1.165, 1.54) is 34.9 Å². The lowest BCUT2D eigenvalue weighted by Gasteiger charge is -2.49. The number of amides is 2. The Bertz CT molecular complexity index is 1250. The highest BCUT2D eigenvalue weighted by Gasteiger charge is 2.54. The highest BCUT2D eigenvalue weighted by molar-refractivity contribution is 8.00. The number of hydrogen-bond donors (Lipinski definition) is 2. The van der Waals surface area contributed by atoms with Gasteiger partial charge in [-0.05, 0) is 35.9 Å². The van der Waals surface area contributed by atoms with Gasteiger partial charge in [-0.15, -0.1) is 11.8 Å². The maximum Gasteiger partial charge on any atom is 0.352 e. The van der Waals surface area contributed by atoms with E-state index >= 15 is 0 Å². The molecule has 168 valence electrons. The molecule has 1 fully saturated rings. The zero-order valence-electron chi connectivity index (χ0n) is 16.9. The number of benzene rings is 1. The van der Waals surface area contributed by atoms with Gasteiger partial charge in [-0.2, -0.15) is 5.26 Å². The Morgan fingerprint density at radius 2 is 2.21 bits per heavy atom. The van der Waals surface area contributed by atoms with E-state index in [1.54, 1.807) is 18.2 Å². The van der Waals surface area contributed by atoms with Crippen molar-refractivity contribution in [3.8, 4) is 11.8 Å². The van der Waals surface area contributed by atoms with Gasteiger partial charge in [0.1, 0.15) is 35.2 Å². The Hall–Kier alpha value is -3.68. The number of carbonyl (C=O) groups excluding carboxylic acids is 2. The molecule has 2 N–H and O–H groups in total. The summed E-state index contributed by atoms with van der Waals surface area (Å²) in [5.41, 5.74) is 0.749. The highest BCUT2D eigenvalue weighted by atomic mass is 35.5. The fraction of sp³-hybridized carbons (Fsp3) is 0.182. The summed E-state index contributed by atoms with van der Waals surface area (Å²) in [6.07, 6.45) is 1.42. The van der Waals surface area contributed by atoms with Crippen LogP contribution >= 0.6 is 23.4 Å². The Morgan fingerprint density at radius 1 is 1.42 bits per heavy atom. The number of carboxylic acid groups (broad SMARTS) is 1. The number of nitrogens with zero attached hydrogens (tertiary/aromatic N) is 2. The summed E-state index contributed by atoms with van der Waals surface area (Å²) in [5.74, 6) is -1.28. The predicted octanol–water partition coefficient (Wildman–Crippen LogP) is 2.92. The Kier molecular flexibility index (Phi) is 6.18. The van der Waals surface area contributed by atoms with Crippen LogP contribution in [0.25, 0.3) is 0 Å². The van der Waals surface area contributed by atoms with Crippen LogP contribution in [0.2, 0.25) is 5.02 Å². The van der Waals surface area contributed by atoms with Gasteiger partial charge in [0.15, 0.2) is 5.76 Å². The molecule has 2 amide bonds. The molecule has 0 radical (unpaired) electrons. The third kappa shape index (κ3) is 4.20. The number of nitrogens with one attached hydrogen (secondary N) is 1. The first kappa shape index (κ1) is 22.5. The van der Waals surface area contributed by atoms with Gasteiger partial charge in [-0.1, -0.05) is 24.3 Å². The number of halogens is 1. The van der Waals surface area contributed by atoms with Gasteiger partial charge >= 0.3 is 5.97 Å². The molecule has 0 saturated carbocycles. The number of thioether (sulfide) groups is 1. The molecular formula is C22H16ClN3O6S. The van der Waals surface area contributed by atoms with E-state index in [0.717, 1.165) is 0 Å². The molecule has 0 aliphatic carbocycles. The molecule has 9 nitrogen and oxygen atoms in total. The first-order chi connectivity index (χ1) is 15.8. The number of fused-ring (bicyclic) bond motifs is 1. The van der Waals surface area contributed by atoms with Gasteiger partial charge in [0.25, 0.3) is 11.8 Å². The van der Waals surface area contributed by atoms with Crippen molar-refractivity contribution in [1.29, 1.82) is 5.26 Å². The van der Waals surface area contributed by atoms with Crippen molar-refractivity contribution >= 4 is 41.1 Å². The number of rotatable bonds is 7. The Balaban J connectivity index is 1.38. The van der Waals surface area contributed by atoms with Gasteiger partial charge in [0.2, 0.25) is 0 Å². The van der Waals surface area contributed by atoms with E-state index < -0.39 is 29.2 Å². The van der Waals surface area contributed by atoms with Crippen molar-refractivity contribution in [3.63, 3.8) is 0 Å². The predicted molar refractivity (Wildman–Crippen MR) is 118 cm³/mol. The minimum absolute atomic E-state index is 0.00932. The average Bonchev–Trinajstić information content (AvgIpc) is 3.29. The van der Waals surface area contributed by atoms with Crippen molar-refractivity contribution < 1.29 is 28.6 Å². The zero-order valence-corrected chi connectivity index (χ0v) is 18.5. The quantitative estimate of drug-likeness (QED) is 0.572. The molecule has 2 aromatic rings. The molecule has 11 heteroatoms. The summed E-state index contributed by atoms with van der Waals surface area (Å²) in [7, 11) is 0. The van der Waals surface area contributed by atoms with Gasteiger partial charge in [0.05, 0.1) is 16.7 Å². The van der Waals surface area contributed by atoms with Gasteiger partial charge in [-0.3, -0.25) is 14.5 Å². The topological polar surface area (TPSA) is 133 Å². The van der Waals surface area contributed by atoms with Crippen LogP contribution in [0.1, 0.15) is 21.9 Å². The molecule has 2 atom stereocenters. The second-order valence-corrected chi connectivity index (χ2v) is 8.57. The number of ether oxygens (including phenoxy) is 1. The van der Waals surface area contributed by atoms with E-state index in [2.05, 4.69) is 11.9 Å². The SMILES string of the molecule is C=CC1=C(C(=O)O)N2C(=O)[C@@H](NC(=O)c3ccc(COc4ccc(C#N)cc4Cl)o3)[C@H]2SC1. The first-order valence-corrected chi connectivity index (χ1v) is 11.0. The van der Waals surface area contributed by atoms with E-state index in [4.69, 9.17) is 26.0 Å². The first-order valence-electron chi connectivity index (χ1n) is 9.59. The largest absolute Gasteiger partial charge is 0.484 e. The maximum atomic E-state index is 12.6. The van der Waals surface area contributed by atoms with Crippen LogP contribution < -0.4 is 10.1 Å². The molecular weight excluding hydrogens is 470 g/mol. The zero-order chi connectivity index (χ0) is 23.7. The Labute approximate surface area is 197 Å². The molecule has 1 aromatic heterocycles. The van der Waals surface area contributed by atoms with Crippen LogP contribution in [0.15, 0.2) is 58.7 Å². The summed E-state index contributed by atoms with van der Waals surface area (Å²) in [4.78, 5) is 37.9. The van der Waals surface area contributed by atoms with Crippen molar-refractivity contribution in [2.75, 3.05) is 5.75 Å². The van der Waals surface area contributed by atoms with Crippen molar-refractivity contribution in [3.05, 3.63) is 76.4 Å². The lowest BCUT2D eigenvalue weighted by atomic mass is 10.0. The molecule has 3 heterocycles. The molecule has 33 heavy (non-hydrogen) atoms. The normalized spacial score (nSPS) is 19.3. The van der Waals surface area contributed by atoms with Gasteiger partial charge in [0, 0.05) is 5.75 Å². The summed E-state index contributed by atoms with van der Waals surface area (Å²) in [6.45, 7) is 3.59. The maximum absolute atomic E-state index is 12.6. The third-order valence-electron chi connectivity index (χ3n) is 5.05. The van der Waals surface area contributed by atoms with Crippen LogP contribution in [-0.2, 0) is 16.2 Å². The lowest BCUT2D eigenvalue weighted by molar-refractivity contribution is -0.148. The number of allylic oxidation sites excluding steroid dienone is 1. The molecule has 2 aliphatic rings. The monoisotopic (exact) mass is 485 g/mol. The van der Waals surface area contributed by atoms with Crippen LogP contribution in [0.5, 0.6) is 5.75 Å². The highest BCUT2D eigenvalue weighted by Crippen LogP contribution is 2.40. The number of carboxylic acids is 1. The van der Waals surface area contributed by atoms with Crippen LogP contribution in [0.3, 0.4) is 0 Å². The number of hydrogen-bond acceptors (Lipinski definition) is 7. The molecule has 0 bridgehead atoms. The van der Waals surface area contributed by atoms with Crippen LogP contribution in [-0.4, -0.2) is 45.0 Å². The van der Waals surface area contributed by atoms with Crippen LogP contribution in [0, 0.1) is 11.3 Å². The van der Waals surface area contributed by atoms with Crippen molar-refractivity contribution in [1.82, 2.24) is 10.2 Å². The van der Waals surface area contributed by atoms with Gasteiger partial charge < -0.3 is 19.6 Å². The second kappa shape index (κ2) is 9.05. The average molecular weight is 486 g/mol. The van der Waals surface area contributed by atoms with E-state index in [0.29, 0.717) is 28.4 Å². The van der Waals surface area contributed by atoms with Crippen molar-refractivity contribution in [2.24, 2.45) is 0 Å². The summed E-state index contributed by atoms with van der Waals surface area (Å²) >= 11 is 7.42.